The lowest BCUT2D eigenvalue weighted by Gasteiger charge is -2.38. The predicted octanol–water partition coefficient (Wildman–Crippen LogP) is 3.24. The van der Waals surface area contributed by atoms with Gasteiger partial charge in [-0.1, -0.05) is 24.3 Å². The van der Waals surface area contributed by atoms with Crippen molar-refractivity contribution >= 4 is 15.9 Å². The molecule has 1 heterocycles. The monoisotopic (exact) mass is 474 g/mol. The molecular formula is C25H34N2O5S. The molecular weight excluding hydrogens is 440 g/mol. The van der Waals surface area contributed by atoms with E-state index in [2.05, 4.69) is 22.2 Å². The van der Waals surface area contributed by atoms with Crippen LogP contribution in [0.25, 0.3) is 0 Å². The van der Waals surface area contributed by atoms with Crippen LogP contribution < -0.4 is 14.8 Å². The summed E-state index contributed by atoms with van der Waals surface area (Å²) in [5.41, 5.74) is 2.48. The molecule has 2 N–H and O–H groups in total. The van der Waals surface area contributed by atoms with E-state index in [0.29, 0.717) is 31.9 Å². The van der Waals surface area contributed by atoms with Crippen molar-refractivity contribution in [2.24, 2.45) is 0 Å². The van der Waals surface area contributed by atoms with Crippen LogP contribution in [0.5, 0.6) is 5.75 Å². The minimum Gasteiger partial charge on any atom is -0.494 e. The summed E-state index contributed by atoms with van der Waals surface area (Å²) in [6.45, 7) is 7.97. The van der Waals surface area contributed by atoms with Crippen molar-refractivity contribution in [1.82, 2.24) is 10.0 Å². The molecule has 1 fully saturated rings. The van der Waals surface area contributed by atoms with Gasteiger partial charge in [0.05, 0.1) is 11.5 Å². The molecule has 33 heavy (non-hydrogen) atoms. The van der Waals surface area contributed by atoms with E-state index in [0.717, 1.165) is 29.7 Å². The summed E-state index contributed by atoms with van der Waals surface area (Å²) in [5, 5.41) is 3.02. The highest BCUT2D eigenvalue weighted by Crippen LogP contribution is 2.35. The van der Waals surface area contributed by atoms with Crippen molar-refractivity contribution in [3.8, 4) is 5.75 Å². The fourth-order valence-corrected chi connectivity index (χ4v) is 5.49. The number of ether oxygens (including phenoxy) is 2. The summed E-state index contributed by atoms with van der Waals surface area (Å²) >= 11 is 0. The van der Waals surface area contributed by atoms with Crippen molar-refractivity contribution in [3.05, 3.63) is 59.2 Å². The van der Waals surface area contributed by atoms with Gasteiger partial charge in [-0.25, -0.2) is 13.1 Å². The molecule has 0 atom stereocenters. The average Bonchev–Trinajstić information content (AvgIpc) is 2.80. The molecule has 0 saturated carbocycles. The SMILES string of the molecule is CCOc1ccc(C2(CNC(=O)CCNS(=O)(=O)c3cc(C)ccc3C)CCOCC2)cc1. The summed E-state index contributed by atoms with van der Waals surface area (Å²) in [6.07, 6.45) is 1.68. The molecule has 180 valence electrons. The van der Waals surface area contributed by atoms with Gasteiger partial charge >= 0.3 is 0 Å². The topological polar surface area (TPSA) is 93.7 Å². The zero-order valence-electron chi connectivity index (χ0n) is 19.6. The lowest BCUT2D eigenvalue weighted by atomic mass is 9.74. The van der Waals surface area contributed by atoms with Gasteiger partial charge in [-0.15, -0.1) is 0 Å². The van der Waals surface area contributed by atoms with Gasteiger partial charge in [-0.3, -0.25) is 4.79 Å². The zero-order chi connectivity index (χ0) is 23.9. The van der Waals surface area contributed by atoms with E-state index >= 15 is 0 Å². The number of rotatable bonds is 10. The molecule has 8 heteroatoms. The standard InChI is InChI=1S/C25H34N2O5S/c1-4-32-22-9-7-21(8-10-22)25(12-15-31-16-13-25)18-26-24(28)11-14-27-33(29,30)23-17-19(2)5-6-20(23)3/h5-10,17,27H,4,11-16,18H2,1-3H3,(H,26,28). The van der Waals surface area contributed by atoms with Gasteiger partial charge in [0.1, 0.15) is 5.75 Å². The number of aryl methyl sites for hydroxylation is 2. The highest BCUT2D eigenvalue weighted by Gasteiger charge is 2.35. The third kappa shape index (κ3) is 6.56. The Morgan fingerprint density at radius 2 is 1.79 bits per heavy atom. The van der Waals surface area contributed by atoms with Crippen molar-refractivity contribution in [2.75, 3.05) is 32.9 Å². The normalized spacial score (nSPS) is 15.7. The second-order valence-corrected chi connectivity index (χ2v) is 10.3. The molecule has 2 aromatic rings. The second-order valence-electron chi connectivity index (χ2n) is 8.54. The highest BCUT2D eigenvalue weighted by atomic mass is 32.2. The van der Waals surface area contributed by atoms with E-state index in [-0.39, 0.29) is 29.2 Å². The third-order valence-corrected chi connectivity index (χ3v) is 7.73. The van der Waals surface area contributed by atoms with Gasteiger partial charge in [0.2, 0.25) is 15.9 Å². The molecule has 0 unspecified atom stereocenters. The smallest absolute Gasteiger partial charge is 0.240 e. The van der Waals surface area contributed by atoms with Gasteiger partial charge in [0, 0.05) is 38.1 Å². The van der Waals surface area contributed by atoms with Crippen LogP contribution in [0.4, 0.5) is 0 Å². The molecule has 0 radical (unpaired) electrons. The number of benzene rings is 2. The maximum Gasteiger partial charge on any atom is 0.240 e. The summed E-state index contributed by atoms with van der Waals surface area (Å²) in [4.78, 5) is 12.8. The maximum absolute atomic E-state index is 12.6. The Morgan fingerprint density at radius 3 is 2.45 bits per heavy atom. The molecule has 1 aliphatic rings. The lowest BCUT2D eigenvalue weighted by Crippen LogP contribution is -2.45. The quantitative estimate of drug-likeness (QED) is 0.551. The summed E-state index contributed by atoms with van der Waals surface area (Å²) in [7, 11) is -3.67. The fraction of sp³-hybridized carbons (Fsp3) is 0.480. The Kier molecular flexibility index (Phi) is 8.51. The van der Waals surface area contributed by atoms with E-state index in [1.807, 2.05) is 32.0 Å². The molecule has 1 aliphatic heterocycles. The molecule has 7 nitrogen and oxygen atoms in total. The van der Waals surface area contributed by atoms with Crippen molar-refractivity contribution < 1.29 is 22.7 Å². The Morgan fingerprint density at radius 1 is 1.09 bits per heavy atom. The predicted molar refractivity (Wildman–Crippen MR) is 128 cm³/mol. The van der Waals surface area contributed by atoms with E-state index < -0.39 is 10.0 Å². The zero-order valence-corrected chi connectivity index (χ0v) is 20.5. The van der Waals surface area contributed by atoms with Crippen LogP contribution in [0.3, 0.4) is 0 Å². The van der Waals surface area contributed by atoms with E-state index in [1.54, 1.807) is 19.1 Å². The fourth-order valence-electron chi connectivity index (χ4n) is 4.13. The minimum absolute atomic E-state index is 0.0424. The summed E-state index contributed by atoms with van der Waals surface area (Å²) < 4.78 is 38.9. The van der Waals surface area contributed by atoms with Crippen LogP contribution in [0.15, 0.2) is 47.4 Å². The number of hydrogen-bond acceptors (Lipinski definition) is 5. The van der Waals surface area contributed by atoms with Crippen molar-refractivity contribution in [1.29, 1.82) is 0 Å². The number of carbonyl (C=O) groups is 1. The number of hydrogen-bond donors (Lipinski definition) is 2. The molecule has 1 saturated heterocycles. The molecule has 0 aliphatic carbocycles. The van der Waals surface area contributed by atoms with Crippen molar-refractivity contribution in [2.45, 2.75) is 50.3 Å². The van der Waals surface area contributed by atoms with Crippen LogP contribution in [-0.4, -0.2) is 47.2 Å². The number of amides is 1. The Bertz CT molecular complexity index is 1040. The molecule has 0 spiro atoms. The Labute approximate surface area is 196 Å². The number of sulfonamides is 1. The Hall–Kier alpha value is -2.42. The first-order valence-electron chi connectivity index (χ1n) is 11.4. The van der Waals surface area contributed by atoms with E-state index in [1.165, 1.54) is 0 Å². The van der Waals surface area contributed by atoms with Gasteiger partial charge < -0.3 is 14.8 Å². The van der Waals surface area contributed by atoms with Gasteiger partial charge in [-0.2, -0.15) is 0 Å². The maximum atomic E-state index is 12.6. The van der Waals surface area contributed by atoms with E-state index in [9.17, 15) is 13.2 Å². The van der Waals surface area contributed by atoms with Gasteiger partial charge in [0.25, 0.3) is 0 Å². The van der Waals surface area contributed by atoms with E-state index in [4.69, 9.17) is 9.47 Å². The largest absolute Gasteiger partial charge is 0.494 e. The Balaban J connectivity index is 1.58. The van der Waals surface area contributed by atoms with Crippen LogP contribution in [0.2, 0.25) is 0 Å². The van der Waals surface area contributed by atoms with Crippen LogP contribution in [0.1, 0.15) is 42.9 Å². The van der Waals surface area contributed by atoms with Crippen LogP contribution in [0, 0.1) is 13.8 Å². The molecule has 3 rings (SSSR count). The molecule has 0 bridgehead atoms. The van der Waals surface area contributed by atoms with Gasteiger partial charge in [0.15, 0.2) is 0 Å². The van der Waals surface area contributed by atoms with Crippen LogP contribution >= 0.6 is 0 Å². The van der Waals surface area contributed by atoms with Gasteiger partial charge in [-0.05, 0) is 68.5 Å². The first-order chi connectivity index (χ1) is 15.8. The number of nitrogens with one attached hydrogen (secondary N) is 2. The summed E-state index contributed by atoms with van der Waals surface area (Å²) in [6, 6.07) is 13.3. The number of carbonyl (C=O) groups excluding carboxylic acids is 1. The first-order valence-corrected chi connectivity index (χ1v) is 12.9. The molecule has 0 aromatic heterocycles. The minimum atomic E-state index is -3.67. The summed E-state index contributed by atoms with van der Waals surface area (Å²) in [5.74, 6) is 0.638. The molecule has 1 amide bonds. The average molecular weight is 475 g/mol. The second kappa shape index (κ2) is 11.1. The first kappa shape index (κ1) is 25.2. The molecule has 2 aromatic carbocycles. The third-order valence-electron chi connectivity index (χ3n) is 6.13. The lowest BCUT2D eigenvalue weighted by molar-refractivity contribution is -0.121. The van der Waals surface area contributed by atoms with Crippen molar-refractivity contribution in [3.63, 3.8) is 0 Å². The highest BCUT2D eigenvalue weighted by molar-refractivity contribution is 7.89. The van der Waals surface area contributed by atoms with Crippen LogP contribution in [-0.2, 0) is 25.0 Å².